The maximum absolute atomic E-state index is 11.5. The zero-order chi connectivity index (χ0) is 59.9. The Kier molecular flexibility index (Phi) is 15.6. The highest BCUT2D eigenvalue weighted by atomic mass is 16.6. The molecule has 7 heteroatoms. The van der Waals surface area contributed by atoms with Gasteiger partial charge in [0.2, 0.25) is 0 Å². The van der Waals surface area contributed by atoms with Gasteiger partial charge in [0, 0.05) is 22.7 Å². The van der Waals surface area contributed by atoms with Gasteiger partial charge in [-0.3, -0.25) is 0 Å². The summed E-state index contributed by atoms with van der Waals surface area (Å²) in [6.45, 7) is 11.2. The maximum Gasteiger partial charge on any atom is 0.119 e. The van der Waals surface area contributed by atoms with Crippen LogP contribution in [0.3, 0.4) is 0 Å². The van der Waals surface area contributed by atoms with Crippen LogP contribution >= 0.6 is 0 Å². The lowest BCUT2D eigenvalue weighted by Crippen LogP contribution is -2.31. The van der Waals surface area contributed by atoms with E-state index in [4.69, 9.17) is 28.4 Å². The number of benzene rings is 10. The quantitative estimate of drug-likeness (QED) is 0.0677. The summed E-state index contributed by atoms with van der Waals surface area (Å²) in [4.78, 5) is 0. The smallest absolute Gasteiger partial charge is 0.119 e. The number of hydrogen-bond donors (Lipinski definition) is 1. The largest absolute Gasteiger partial charge is 0.491 e. The van der Waals surface area contributed by atoms with E-state index in [1.807, 2.05) is 0 Å². The van der Waals surface area contributed by atoms with Crippen molar-refractivity contribution in [2.45, 2.75) is 92.7 Å². The first-order valence-electron chi connectivity index (χ1n) is 31.3. The van der Waals surface area contributed by atoms with Gasteiger partial charge >= 0.3 is 0 Å². The molecule has 10 aromatic carbocycles. The molecule has 0 amide bonds. The molecule has 0 radical (unpaired) electrons. The summed E-state index contributed by atoms with van der Waals surface area (Å²) in [5, 5.41) is 11.5. The Morgan fingerprint density at radius 3 is 1.19 bits per heavy atom. The molecule has 2 heterocycles. The molecule has 4 aliphatic rings. The monoisotopic (exact) mass is 1160 g/mol. The van der Waals surface area contributed by atoms with E-state index in [2.05, 4.69) is 282 Å². The SMILES string of the molecule is CC(C)(OCC(O)COc1ccc(C2(c3ccc(C(C)(C)OCC4CO4)cc3)CC(c3ccc(-c4ccccc4)cc3)c3ccccc32)cc1)c1ccc(C2(c3ccc(OCC4CO4)cc3)C[C@H](c3ccc(-c4ccccc4)cc3)c3ccccc32)cc1. The first-order valence-corrected chi connectivity index (χ1v) is 31.3. The van der Waals surface area contributed by atoms with Gasteiger partial charge in [-0.05, 0) is 154 Å². The van der Waals surface area contributed by atoms with Crippen LogP contribution in [0.25, 0.3) is 22.3 Å². The third-order valence-electron chi connectivity index (χ3n) is 19.2. The van der Waals surface area contributed by atoms with Gasteiger partial charge in [0.05, 0.1) is 37.6 Å². The van der Waals surface area contributed by atoms with E-state index >= 15 is 0 Å². The molecule has 2 aliphatic heterocycles. The number of epoxide rings is 2. The second-order valence-electron chi connectivity index (χ2n) is 25.5. The van der Waals surface area contributed by atoms with Crippen LogP contribution in [0, 0.1) is 0 Å². The van der Waals surface area contributed by atoms with Crippen molar-refractivity contribution in [3.05, 3.63) is 322 Å². The Morgan fingerprint density at radius 1 is 0.398 bits per heavy atom. The first kappa shape index (κ1) is 57.4. The summed E-state index contributed by atoms with van der Waals surface area (Å²) in [6.07, 6.45) is 1.21. The van der Waals surface area contributed by atoms with Crippen molar-refractivity contribution in [2.75, 3.05) is 39.6 Å². The Balaban J connectivity index is 0.688. The highest BCUT2D eigenvalue weighted by Crippen LogP contribution is 2.58. The van der Waals surface area contributed by atoms with Crippen LogP contribution in [-0.2, 0) is 41.0 Å². The second kappa shape index (κ2) is 23.9. The standard InChI is InChI=1S/C81H76O7/c1-78(2,61-31-35-63(36-32-61)81(66-41-45-69(46-42-66)84-51-70-52-85-70)48-75(73-20-12-14-22-77(73)81)60-29-25-58(26-30-60)56-17-9-6-10-18-56)87-50-67(82)49-83-68-43-39-65(40-44-68)80(64-37-33-62(34-38-64)79(3,4)88-54-71-53-86-71)47-74(72-19-11-13-21-76(72)80)59-27-23-57(24-28-59)55-15-7-5-8-16-55/h5-46,67,70-71,74-75,82H,47-54H2,1-4H3/t67?,70?,71?,74?,75-,80?,81?/m1/s1. The van der Waals surface area contributed by atoms with Crippen LogP contribution in [0.15, 0.2) is 255 Å². The number of aliphatic hydroxyl groups is 1. The van der Waals surface area contributed by atoms with Gasteiger partial charge in [-0.2, -0.15) is 0 Å². The molecular weight excluding hydrogens is 1080 g/mol. The summed E-state index contributed by atoms with van der Waals surface area (Å²) < 4.78 is 36.5. The van der Waals surface area contributed by atoms with Crippen LogP contribution in [0.2, 0.25) is 0 Å². The number of hydrogen-bond acceptors (Lipinski definition) is 7. The van der Waals surface area contributed by atoms with E-state index in [-0.39, 0.29) is 37.3 Å². The Hall–Kier alpha value is -8.40. The van der Waals surface area contributed by atoms with Gasteiger partial charge < -0.3 is 33.5 Å². The molecular formula is C81H76O7. The molecule has 2 fully saturated rings. The molecule has 88 heavy (non-hydrogen) atoms. The van der Waals surface area contributed by atoms with Crippen LogP contribution in [0.4, 0.5) is 0 Å². The molecule has 2 aliphatic carbocycles. The van der Waals surface area contributed by atoms with Crippen LogP contribution in [-0.4, -0.2) is 63.1 Å². The van der Waals surface area contributed by atoms with Crippen LogP contribution < -0.4 is 9.47 Å². The Bertz CT molecular complexity index is 3990. The van der Waals surface area contributed by atoms with Crippen molar-refractivity contribution < 1.29 is 33.5 Å². The summed E-state index contributed by atoms with van der Waals surface area (Å²) in [5.74, 6) is 1.86. The average Bonchev–Trinajstić information content (AvgIpc) is 1.92. The summed E-state index contributed by atoms with van der Waals surface area (Å²) in [6, 6.07) is 92.7. The average molecular weight is 1160 g/mol. The van der Waals surface area contributed by atoms with Crippen molar-refractivity contribution in [1.29, 1.82) is 0 Å². The zero-order valence-corrected chi connectivity index (χ0v) is 50.7. The zero-order valence-electron chi connectivity index (χ0n) is 50.7. The van der Waals surface area contributed by atoms with Gasteiger partial charge in [0.25, 0.3) is 0 Å². The fourth-order valence-corrected chi connectivity index (χ4v) is 14.0. The third kappa shape index (κ3) is 11.4. The van der Waals surface area contributed by atoms with Crippen LogP contribution in [0.5, 0.6) is 11.5 Å². The molecule has 0 bridgehead atoms. The summed E-state index contributed by atoms with van der Waals surface area (Å²) in [7, 11) is 0. The Labute approximate surface area is 518 Å². The van der Waals surface area contributed by atoms with Gasteiger partial charge in [0.15, 0.2) is 0 Å². The molecule has 10 aromatic rings. The van der Waals surface area contributed by atoms with E-state index in [1.54, 1.807) is 0 Å². The van der Waals surface area contributed by atoms with Gasteiger partial charge in [-0.15, -0.1) is 0 Å². The number of rotatable bonds is 22. The third-order valence-corrected chi connectivity index (χ3v) is 19.2. The van der Waals surface area contributed by atoms with E-state index in [9.17, 15) is 5.11 Å². The molecule has 2 saturated heterocycles. The molecule has 442 valence electrons. The molecule has 7 atom stereocenters. The van der Waals surface area contributed by atoms with Gasteiger partial charge in [0.1, 0.15) is 43.0 Å². The topological polar surface area (TPSA) is 82.2 Å². The first-order chi connectivity index (χ1) is 42.9. The van der Waals surface area contributed by atoms with E-state index in [0.29, 0.717) is 19.0 Å². The van der Waals surface area contributed by atoms with Crippen molar-refractivity contribution in [1.82, 2.24) is 0 Å². The normalized spacial score (nSPS) is 21.3. The van der Waals surface area contributed by atoms with Gasteiger partial charge in [-0.25, -0.2) is 0 Å². The maximum atomic E-state index is 11.5. The predicted octanol–water partition coefficient (Wildman–Crippen LogP) is 16.9. The van der Waals surface area contributed by atoms with Gasteiger partial charge in [-0.1, -0.05) is 231 Å². The lowest BCUT2D eigenvalue weighted by atomic mass is 9.69. The molecule has 1 N–H and O–H groups in total. The predicted molar refractivity (Wildman–Crippen MR) is 350 cm³/mol. The highest BCUT2D eigenvalue weighted by molar-refractivity contribution is 5.68. The molecule has 0 aromatic heterocycles. The summed E-state index contributed by atoms with van der Waals surface area (Å²) >= 11 is 0. The fourth-order valence-electron chi connectivity index (χ4n) is 14.0. The Morgan fingerprint density at radius 2 is 0.761 bits per heavy atom. The fraction of sp³-hybridized carbons (Fsp3) is 0.259. The molecule has 7 nitrogen and oxygen atoms in total. The number of fused-ring (bicyclic) bond motifs is 2. The number of aliphatic hydroxyl groups excluding tert-OH is 1. The van der Waals surface area contributed by atoms with Crippen LogP contribution in [0.1, 0.15) is 119 Å². The minimum absolute atomic E-state index is 0.0752. The van der Waals surface area contributed by atoms with Crippen molar-refractivity contribution in [3.63, 3.8) is 0 Å². The molecule has 0 spiro atoms. The van der Waals surface area contributed by atoms with E-state index in [1.165, 1.54) is 77.9 Å². The molecule has 0 saturated carbocycles. The lowest BCUT2D eigenvalue weighted by molar-refractivity contribution is -0.0717. The minimum atomic E-state index is -0.871. The van der Waals surface area contributed by atoms with Crippen molar-refractivity contribution in [2.24, 2.45) is 0 Å². The van der Waals surface area contributed by atoms with Crippen molar-refractivity contribution in [3.8, 4) is 33.8 Å². The van der Waals surface area contributed by atoms with E-state index < -0.39 is 28.1 Å². The highest BCUT2D eigenvalue weighted by Gasteiger charge is 2.49. The minimum Gasteiger partial charge on any atom is -0.491 e. The van der Waals surface area contributed by atoms with Crippen molar-refractivity contribution >= 4 is 0 Å². The number of ether oxygens (including phenoxy) is 6. The molecule has 14 rings (SSSR count). The molecule has 6 unspecified atom stereocenters. The second-order valence-corrected chi connectivity index (χ2v) is 25.5. The van der Waals surface area contributed by atoms with E-state index in [0.717, 1.165) is 42.9 Å². The lowest BCUT2D eigenvalue weighted by Gasteiger charge is -2.34. The summed E-state index contributed by atoms with van der Waals surface area (Å²) in [5.41, 5.74) is 17.6.